The number of nitrogens with zero attached hydrogens (tertiary/aromatic N) is 5. The molecule has 2 heterocycles. The summed E-state index contributed by atoms with van der Waals surface area (Å²) >= 11 is 1.33. The molecule has 0 aliphatic rings. The summed E-state index contributed by atoms with van der Waals surface area (Å²) in [6.45, 7) is 7.01. The highest BCUT2D eigenvalue weighted by atomic mass is 32.2. The summed E-state index contributed by atoms with van der Waals surface area (Å²) in [5.41, 5.74) is 6.48. The lowest BCUT2D eigenvalue weighted by Gasteiger charge is -2.09. The number of allylic oxidation sites excluding steroid dienone is 1. The first-order valence-corrected chi connectivity index (χ1v) is 8.53. The largest absolute Gasteiger partial charge is 0.481 e. The highest BCUT2D eigenvalue weighted by Gasteiger charge is 2.34. The Hall–Kier alpha value is -2.47. The summed E-state index contributed by atoms with van der Waals surface area (Å²) in [5.74, 6) is -0.971. The number of carboxylic acid groups (broad SMARTS) is 1. The van der Waals surface area contributed by atoms with Crippen molar-refractivity contribution >= 4 is 17.7 Å². The Morgan fingerprint density at radius 1 is 1.44 bits per heavy atom. The van der Waals surface area contributed by atoms with Gasteiger partial charge in [-0.1, -0.05) is 17.8 Å². The van der Waals surface area contributed by atoms with Gasteiger partial charge in [0.15, 0.2) is 5.16 Å². The van der Waals surface area contributed by atoms with Crippen LogP contribution in [0.5, 0.6) is 0 Å². The van der Waals surface area contributed by atoms with Gasteiger partial charge in [-0.15, -0.1) is 16.8 Å². The van der Waals surface area contributed by atoms with Crippen molar-refractivity contribution in [1.82, 2.24) is 24.7 Å². The van der Waals surface area contributed by atoms with Crippen LogP contribution in [0.25, 0.3) is 0 Å². The van der Waals surface area contributed by atoms with Crippen LogP contribution >= 0.6 is 11.8 Å². The number of hydrogen-bond acceptors (Lipinski definition) is 7. The minimum atomic E-state index is -4.55. The number of rotatable bonds is 6. The van der Waals surface area contributed by atoms with Crippen molar-refractivity contribution in [2.75, 3.05) is 0 Å². The molecule has 0 bridgehead atoms. The molecule has 27 heavy (non-hydrogen) atoms. The molecule has 0 amide bonds. The quantitative estimate of drug-likeness (QED) is 0.556. The van der Waals surface area contributed by atoms with Crippen molar-refractivity contribution in [1.29, 1.82) is 0 Å². The van der Waals surface area contributed by atoms with E-state index in [1.807, 2.05) is 0 Å². The number of aliphatic carboxylic acids is 1. The Morgan fingerprint density at radius 2 is 2.07 bits per heavy atom. The highest BCUT2D eigenvalue weighted by Crippen LogP contribution is 2.28. The van der Waals surface area contributed by atoms with Crippen LogP contribution in [0.1, 0.15) is 29.8 Å². The van der Waals surface area contributed by atoms with Gasteiger partial charge in [-0.2, -0.15) is 13.2 Å². The van der Waals surface area contributed by atoms with Crippen molar-refractivity contribution in [2.45, 2.75) is 44.0 Å². The van der Waals surface area contributed by atoms with Gasteiger partial charge >= 0.3 is 6.18 Å². The van der Waals surface area contributed by atoms with E-state index in [1.54, 1.807) is 10.6 Å². The van der Waals surface area contributed by atoms with Crippen molar-refractivity contribution in [2.24, 2.45) is 5.73 Å². The molecule has 0 fully saturated rings. The Balaban J connectivity index is 0.000000828. The van der Waals surface area contributed by atoms with Gasteiger partial charge in [-0.3, -0.25) is 4.79 Å². The first-order valence-electron chi connectivity index (χ1n) is 7.55. The molecular formula is C15H19F3N6O2S. The molecule has 12 heteroatoms. The summed E-state index contributed by atoms with van der Waals surface area (Å²) in [6.07, 6.45) is -1.66. The molecule has 0 saturated heterocycles. The Morgan fingerprint density at radius 3 is 2.56 bits per heavy atom. The summed E-state index contributed by atoms with van der Waals surface area (Å²) < 4.78 is 39.5. The lowest BCUT2D eigenvalue weighted by Crippen LogP contribution is -2.12. The molecule has 0 aliphatic heterocycles. The smallest absolute Gasteiger partial charge is 0.451 e. The van der Waals surface area contributed by atoms with Crippen LogP contribution in [0.15, 0.2) is 24.0 Å². The predicted molar refractivity (Wildman–Crippen MR) is 92.8 cm³/mol. The lowest BCUT2D eigenvalue weighted by molar-refractivity contribution is -0.145. The molecule has 0 radical (unpaired) electrons. The molecular weight excluding hydrogens is 385 g/mol. The van der Waals surface area contributed by atoms with Crippen molar-refractivity contribution in [3.63, 3.8) is 0 Å². The maximum atomic E-state index is 12.6. The van der Waals surface area contributed by atoms with E-state index in [4.69, 9.17) is 15.6 Å². The molecule has 0 spiro atoms. The van der Waals surface area contributed by atoms with Crippen molar-refractivity contribution in [3.05, 3.63) is 41.8 Å². The zero-order valence-electron chi connectivity index (χ0n) is 14.7. The highest BCUT2D eigenvalue weighted by molar-refractivity contribution is 7.98. The van der Waals surface area contributed by atoms with Crippen LogP contribution in [-0.2, 0) is 29.8 Å². The molecule has 8 nitrogen and oxygen atoms in total. The van der Waals surface area contributed by atoms with Crippen LogP contribution in [0.4, 0.5) is 13.2 Å². The second-order valence-corrected chi connectivity index (χ2v) is 6.05. The van der Waals surface area contributed by atoms with E-state index in [2.05, 4.69) is 26.7 Å². The van der Waals surface area contributed by atoms with Crippen LogP contribution < -0.4 is 5.73 Å². The lowest BCUT2D eigenvalue weighted by atomic mass is 10.3. The number of hydrogen-bond donors (Lipinski definition) is 2. The number of nitrogens with two attached hydrogens (primary N) is 1. The van der Waals surface area contributed by atoms with Gasteiger partial charge in [-0.05, 0) is 6.92 Å². The maximum absolute atomic E-state index is 12.6. The molecule has 2 aromatic rings. The molecule has 0 aromatic carbocycles. The van der Waals surface area contributed by atoms with Gasteiger partial charge in [-0.25, -0.2) is 9.97 Å². The number of thioether (sulfide) groups is 1. The SMILES string of the molecule is C=CCn1c(CN)nnc1SCc1cnc(C(F)(F)F)nc1C.CC(=O)O. The van der Waals surface area contributed by atoms with Crippen LogP contribution in [0.3, 0.4) is 0 Å². The second-order valence-electron chi connectivity index (χ2n) is 5.11. The van der Waals surface area contributed by atoms with E-state index < -0.39 is 18.0 Å². The minimum absolute atomic E-state index is 0.240. The minimum Gasteiger partial charge on any atom is -0.481 e. The summed E-state index contributed by atoms with van der Waals surface area (Å²) in [5, 5.41) is 16.0. The van der Waals surface area contributed by atoms with Gasteiger partial charge in [0, 0.05) is 36.7 Å². The standard InChI is InChI=1S/C13H15F3N6S.C2H4O2/c1-3-4-22-10(5-17)20-21-12(22)23-7-9-6-18-11(13(14,15)16)19-8(9)2;1-2(3)4/h3,6H,1,4-5,7,17H2,2H3;1H3,(H,3,4). The fourth-order valence-corrected chi connectivity index (χ4v) is 2.80. The van der Waals surface area contributed by atoms with E-state index in [-0.39, 0.29) is 12.2 Å². The van der Waals surface area contributed by atoms with Crippen molar-refractivity contribution < 1.29 is 23.1 Å². The van der Waals surface area contributed by atoms with Gasteiger partial charge in [0.05, 0.1) is 6.54 Å². The fourth-order valence-electron chi connectivity index (χ4n) is 1.80. The van der Waals surface area contributed by atoms with E-state index in [0.717, 1.165) is 6.92 Å². The summed E-state index contributed by atoms with van der Waals surface area (Å²) in [4.78, 5) is 15.9. The van der Waals surface area contributed by atoms with Crippen LogP contribution in [0.2, 0.25) is 0 Å². The van der Waals surface area contributed by atoms with E-state index in [1.165, 1.54) is 24.9 Å². The number of carboxylic acids is 1. The topological polar surface area (TPSA) is 120 Å². The fraction of sp³-hybridized carbons (Fsp3) is 0.400. The van der Waals surface area contributed by atoms with Crippen molar-refractivity contribution in [3.8, 4) is 0 Å². The molecule has 2 aromatic heterocycles. The van der Waals surface area contributed by atoms with Gasteiger partial charge in [0.1, 0.15) is 5.82 Å². The predicted octanol–water partition coefficient (Wildman–Crippen LogP) is 2.42. The molecule has 0 atom stereocenters. The first-order chi connectivity index (χ1) is 12.6. The summed E-state index contributed by atoms with van der Waals surface area (Å²) in [6, 6.07) is 0. The van der Waals surface area contributed by atoms with Gasteiger partial charge in [0.25, 0.3) is 5.97 Å². The number of aryl methyl sites for hydroxylation is 1. The molecule has 2 rings (SSSR count). The number of carbonyl (C=O) groups is 1. The third kappa shape index (κ3) is 6.98. The normalized spacial score (nSPS) is 10.9. The van der Waals surface area contributed by atoms with E-state index >= 15 is 0 Å². The number of aromatic nitrogens is 5. The average molecular weight is 404 g/mol. The first kappa shape index (κ1) is 22.6. The molecule has 148 valence electrons. The Bertz CT molecular complexity index is 790. The third-order valence-electron chi connectivity index (χ3n) is 2.98. The Labute approximate surface area is 157 Å². The average Bonchev–Trinajstić information content (AvgIpc) is 2.94. The number of halogens is 3. The van der Waals surface area contributed by atoms with Crippen LogP contribution in [0, 0.1) is 6.92 Å². The number of alkyl halides is 3. The molecule has 0 aliphatic carbocycles. The van der Waals surface area contributed by atoms with Crippen LogP contribution in [-0.4, -0.2) is 35.8 Å². The Kier molecular flexibility index (Phi) is 8.37. The third-order valence-corrected chi connectivity index (χ3v) is 3.99. The second kappa shape index (κ2) is 10.0. The van der Waals surface area contributed by atoms with Gasteiger partial charge in [0.2, 0.25) is 5.82 Å². The van der Waals surface area contributed by atoms with Gasteiger partial charge < -0.3 is 15.4 Å². The zero-order chi connectivity index (χ0) is 20.6. The zero-order valence-corrected chi connectivity index (χ0v) is 15.5. The molecule has 3 N–H and O–H groups in total. The monoisotopic (exact) mass is 404 g/mol. The summed E-state index contributed by atoms with van der Waals surface area (Å²) in [7, 11) is 0. The molecule has 0 saturated carbocycles. The molecule has 0 unspecified atom stereocenters. The van der Waals surface area contributed by atoms with E-state index in [0.29, 0.717) is 28.8 Å². The maximum Gasteiger partial charge on any atom is 0.451 e. The van der Waals surface area contributed by atoms with E-state index in [9.17, 15) is 13.2 Å².